The SMILES string of the molecule is C=Cc1cccc2c1c1ccccc1n2CC. The minimum absolute atomic E-state index is 0.991. The maximum absolute atomic E-state index is 3.91. The quantitative estimate of drug-likeness (QED) is 0.602. The number of aryl methyl sites for hydroxylation is 1. The molecule has 0 unspecified atom stereocenters. The molecule has 0 radical (unpaired) electrons. The Morgan fingerprint density at radius 3 is 2.59 bits per heavy atom. The van der Waals surface area contributed by atoms with Gasteiger partial charge in [-0.3, -0.25) is 0 Å². The van der Waals surface area contributed by atoms with Crippen molar-refractivity contribution in [2.45, 2.75) is 13.5 Å². The standard InChI is InChI=1S/C16H15N/c1-3-12-8-7-11-15-16(12)13-9-5-6-10-14(13)17(15)4-2/h3,5-11H,1,4H2,2H3. The van der Waals surface area contributed by atoms with E-state index in [4.69, 9.17) is 0 Å². The first-order chi connectivity index (χ1) is 8.36. The summed E-state index contributed by atoms with van der Waals surface area (Å²) < 4.78 is 2.36. The Morgan fingerprint density at radius 2 is 1.82 bits per heavy atom. The van der Waals surface area contributed by atoms with Crippen LogP contribution in [0.4, 0.5) is 0 Å². The molecule has 1 heteroatoms. The molecule has 1 nitrogen and oxygen atoms in total. The first kappa shape index (κ1) is 10.2. The van der Waals surface area contributed by atoms with Gasteiger partial charge in [-0.05, 0) is 24.6 Å². The fourth-order valence-electron chi connectivity index (χ4n) is 2.64. The molecule has 0 saturated carbocycles. The maximum atomic E-state index is 3.91. The maximum Gasteiger partial charge on any atom is 0.0497 e. The topological polar surface area (TPSA) is 4.93 Å². The summed E-state index contributed by atoms with van der Waals surface area (Å²) in [5.41, 5.74) is 3.82. The van der Waals surface area contributed by atoms with Crippen molar-refractivity contribution >= 4 is 27.9 Å². The highest BCUT2D eigenvalue weighted by molar-refractivity contribution is 6.11. The van der Waals surface area contributed by atoms with Gasteiger partial charge in [0.25, 0.3) is 0 Å². The summed E-state index contributed by atoms with van der Waals surface area (Å²) in [6, 6.07) is 15.0. The average molecular weight is 221 g/mol. The summed E-state index contributed by atoms with van der Waals surface area (Å²) >= 11 is 0. The Hall–Kier alpha value is -2.02. The first-order valence-corrected chi connectivity index (χ1v) is 5.99. The molecule has 0 saturated heterocycles. The monoisotopic (exact) mass is 221 g/mol. The Bertz CT molecular complexity index is 704. The molecule has 0 aliphatic heterocycles. The molecule has 0 fully saturated rings. The summed E-state index contributed by atoms with van der Waals surface area (Å²) in [6.07, 6.45) is 1.94. The van der Waals surface area contributed by atoms with Crippen LogP contribution in [-0.2, 0) is 6.54 Å². The highest BCUT2D eigenvalue weighted by Crippen LogP contribution is 2.31. The first-order valence-electron chi connectivity index (χ1n) is 5.99. The second-order valence-electron chi connectivity index (χ2n) is 4.21. The predicted molar refractivity (Wildman–Crippen MR) is 75.2 cm³/mol. The van der Waals surface area contributed by atoms with E-state index in [9.17, 15) is 0 Å². The molecule has 0 aliphatic carbocycles. The molecule has 0 atom stereocenters. The summed E-state index contributed by atoms with van der Waals surface area (Å²) in [6.45, 7) is 7.09. The molecular weight excluding hydrogens is 206 g/mol. The van der Waals surface area contributed by atoms with Crippen LogP contribution in [-0.4, -0.2) is 4.57 Å². The van der Waals surface area contributed by atoms with E-state index in [1.807, 2.05) is 6.08 Å². The summed E-state index contributed by atoms with van der Waals surface area (Å²) in [5.74, 6) is 0. The summed E-state index contributed by atoms with van der Waals surface area (Å²) in [5, 5.41) is 2.64. The second kappa shape index (κ2) is 3.77. The third-order valence-electron chi connectivity index (χ3n) is 3.37. The smallest absolute Gasteiger partial charge is 0.0497 e. The van der Waals surface area contributed by atoms with E-state index in [1.165, 1.54) is 27.4 Å². The van der Waals surface area contributed by atoms with E-state index in [1.54, 1.807) is 0 Å². The Labute approximate surface area is 101 Å². The fourth-order valence-corrected chi connectivity index (χ4v) is 2.64. The van der Waals surface area contributed by atoms with E-state index in [0.29, 0.717) is 0 Å². The number of para-hydroxylation sites is 1. The van der Waals surface area contributed by atoms with Crippen molar-refractivity contribution in [2.75, 3.05) is 0 Å². The molecule has 1 aromatic heterocycles. The highest BCUT2D eigenvalue weighted by Gasteiger charge is 2.10. The normalized spacial score (nSPS) is 11.1. The van der Waals surface area contributed by atoms with Crippen molar-refractivity contribution in [3.63, 3.8) is 0 Å². The predicted octanol–water partition coefficient (Wildman–Crippen LogP) is 4.46. The van der Waals surface area contributed by atoms with Gasteiger partial charge < -0.3 is 4.57 Å². The zero-order valence-electron chi connectivity index (χ0n) is 9.98. The molecule has 84 valence electrons. The van der Waals surface area contributed by atoms with Crippen LogP contribution in [0.1, 0.15) is 12.5 Å². The molecular formula is C16H15N. The summed E-state index contributed by atoms with van der Waals surface area (Å²) in [4.78, 5) is 0. The number of aromatic nitrogens is 1. The van der Waals surface area contributed by atoms with Crippen LogP contribution < -0.4 is 0 Å². The van der Waals surface area contributed by atoms with Gasteiger partial charge in [-0.1, -0.05) is 43.0 Å². The number of fused-ring (bicyclic) bond motifs is 3. The third-order valence-corrected chi connectivity index (χ3v) is 3.37. The minimum atomic E-state index is 0.991. The van der Waals surface area contributed by atoms with E-state index in [2.05, 4.69) is 60.5 Å². The largest absolute Gasteiger partial charge is 0.341 e. The lowest BCUT2D eigenvalue weighted by molar-refractivity contribution is 0.827. The van der Waals surface area contributed by atoms with Crippen LogP contribution in [0.5, 0.6) is 0 Å². The molecule has 0 amide bonds. The molecule has 0 bridgehead atoms. The van der Waals surface area contributed by atoms with Gasteiger partial charge in [0.05, 0.1) is 0 Å². The number of nitrogens with zero attached hydrogens (tertiary/aromatic N) is 1. The number of hydrogen-bond acceptors (Lipinski definition) is 0. The zero-order chi connectivity index (χ0) is 11.8. The second-order valence-corrected chi connectivity index (χ2v) is 4.21. The molecule has 0 spiro atoms. The van der Waals surface area contributed by atoms with Crippen molar-refractivity contribution in [3.8, 4) is 0 Å². The highest BCUT2D eigenvalue weighted by atomic mass is 15.0. The Morgan fingerprint density at radius 1 is 1.06 bits per heavy atom. The minimum Gasteiger partial charge on any atom is -0.341 e. The van der Waals surface area contributed by atoms with Crippen molar-refractivity contribution in [1.82, 2.24) is 4.57 Å². The van der Waals surface area contributed by atoms with E-state index in [0.717, 1.165) is 6.54 Å². The zero-order valence-corrected chi connectivity index (χ0v) is 9.98. The molecule has 2 aromatic carbocycles. The van der Waals surface area contributed by atoms with E-state index >= 15 is 0 Å². The third kappa shape index (κ3) is 1.32. The van der Waals surface area contributed by atoms with Gasteiger partial charge in [0.15, 0.2) is 0 Å². The lowest BCUT2D eigenvalue weighted by atomic mass is 10.1. The van der Waals surface area contributed by atoms with E-state index in [-0.39, 0.29) is 0 Å². The van der Waals surface area contributed by atoms with Crippen LogP contribution in [0, 0.1) is 0 Å². The Balaban J connectivity index is 2.63. The van der Waals surface area contributed by atoms with Crippen LogP contribution in [0.25, 0.3) is 27.9 Å². The fraction of sp³-hybridized carbons (Fsp3) is 0.125. The molecule has 0 aliphatic rings. The van der Waals surface area contributed by atoms with Gasteiger partial charge >= 0.3 is 0 Å². The van der Waals surface area contributed by atoms with Crippen LogP contribution in [0.15, 0.2) is 49.0 Å². The van der Waals surface area contributed by atoms with Gasteiger partial charge in [-0.15, -0.1) is 0 Å². The van der Waals surface area contributed by atoms with Crippen LogP contribution in [0.3, 0.4) is 0 Å². The van der Waals surface area contributed by atoms with Crippen molar-refractivity contribution in [1.29, 1.82) is 0 Å². The molecule has 0 N–H and O–H groups in total. The molecule has 17 heavy (non-hydrogen) atoms. The van der Waals surface area contributed by atoms with Gasteiger partial charge in [0.1, 0.15) is 0 Å². The summed E-state index contributed by atoms with van der Waals surface area (Å²) in [7, 11) is 0. The van der Waals surface area contributed by atoms with Crippen molar-refractivity contribution in [3.05, 3.63) is 54.6 Å². The molecule has 3 aromatic rings. The number of rotatable bonds is 2. The molecule has 3 rings (SSSR count). The molecule has 1 heterocycles. The van der Waals surface area contributed by atoms with E-state index < -0.39 is 0 Å². The number of hydrogen-bond donors (Lipinski definition) is 0. The van der Waals surface area contributed by atoms with Crippen molar-refractivity contribution < 1.29 is 0 Å². The lowest BCUT2D eigenvalue weighted by Gasteiger charge is -2.02. The van der Waals surface area contributed by atoms with Gasteiger partial charge in [-0.25, -0.2) is 0 Å². The van der Waals surface area contributed by atoms with Gasteiger partial charge in [0, 0.05) is 28.4 Å². The lowest BCUT2D eigenvalue weighted by Crippen LogP contribution is -1.92. The van der Waals surface area contributed by atoms with Gasteiger partial charge in [0.2, 0.25) is 0 Å². The van der Waals surface area contributed by atoms with Crippen LogP contribution in [0.2, 0.25) is 0 Å². The van der Waals surface area contributed by atoms with Crippen molar-refractivity contribution in [2.24, 2.45) is 0 Å². The Kier molecular flexibility index (Phi) is 2.25. The van der Waals surface area contributed by atoms with Crippen LogP contribution >= 0.6 is 0 Å². The number of benzene rings is 2. The average Bonchev–Trinajstić information content (AvgIpc) is 2.72. The van der Waals surface area contributed by atoms with Gasteiger partial charge in [-0.2, -0.15) is 0 Å².